The lowest BCUT2D eigenvalue weighted by Gasteiger charge is -2.12. The van der Waals surface area contributed by atoms with Crippen LogP contribution in [0.25, 0.3) is 28.1 Å². The molecule has 6 aromatic rings. The molecule has 0 fully saturated rings. The van der Waals surface area contributed by atoms with E-state index in [1.165, 1.54) is 35.5 Å². The minimum Gasteiger partial charge on any atom is -0.345 e. The fourth-order valence-corrected chi connectivity index (χ4v) is 5.23. The smallest absolute Gasteiger partial charge is 0.262 e. The second-order valence-corrected chi connectivity index (χ2v) is 10.4. The lowest BCUT2D eigenvalue weighted by atomic mass is 10.0. The molecule has 204 valence electrons. The van der Waals surface area contributed by atoms with Gasteiger partial charge in [-0.25, -0.2) is 36.2 Å². The number of hydrogen-bond donors (Lipinski definition) is 2. The van der Waals surface area contributed by atoms with Crippen LogP contribution >= 0.6 is 0 Å². The summed E-state index contributed by atoms with van der Waals surface area (Å²) >= 11 is 0. The number of sulfonamides is 1. The quantitative estimate of drug-likeness (QED) is 0.265. The van der Waals surface area contributed by atoms with Crippen molar-refractivity contribution in [3.8, 4) is 17.1 Å². The van der Waals surface area contributed by atoms with E-state index in [0.717, 1.165) is 30.3 Å². The fourth-order valence-electron chi connectivity index (χ4n) is 4.14. The topological polar surface area (TPSA) is 136 Å². The molecule has 2 aromatic carbocycles. The van der Waals surface area contributed by atoms with E-state index in [4.69, 9.17) is 0 Å². The summed E-state index contributed by atoms with van der Waals surface area (Å²) in [5.41, 5.74) is -0.631. The molecule has 14 heteroatoms. The fraction of sp³-hybridized carbons (Fsp3) is 0. The van der Waals surface area contributed by atoms with E-state index in [1.807, 2.05) is 4.72 Å². The third kappa shape index (κ3) is 4.80. The Morgan fingerprint density at radius 2 is 1.80 bits per heavy atom. The number of nitrogens with zero attached hydrogens (tertiary/aromatic N) is 5. The molecule has 4 heterocycles. The number of aromatic amines is 1. The molecule has 0 atom stereocenters. The molecule has 0 amide bonds. The molecule has 6 rings (SSSR count). The van der Waals surface area contributed by atoms with Crippen molar-refractivity contribution in [2.24, 2.45) is 0 Å². The number of H-pyrrole nitrogens is 1. The Bertz CT molecular complexity index is 2050. The van der Waals surface area contributed by atoms with Crippen molar-refractivity contribution in [3.63, 3.8) is 0 Å². The molecule has 0 aliphatic carbocycles. The SMILES string of the molecule is O=C(c1c(F)ccc(NS(=O)(=O)c2cccc(F)c2)c1F)c1c[nH]c2ncc(-c3cnc(-n4cccn4)cn3)cc12. The number of halogens is 3. The van der Waals surface area contributed by atoms with Gasteiger partial charge in [0.15, 0.2) is 11.6 Å². The van der Waals surface area contributed by atoms with Gasteiger partial charge in [0, 0.05) is 41.3 Å². The summed E-state index contributed by atoms with van der Waals surface area (Å²) in [4.78, 5) is 28.7. The lowest BCUT2D eigenvalue weighted by Crippen LogP contribution is -2.16. The molecule has 0 spiro atoms. The first-order valence-corrected chi connectivity index (χ1v) is 13.3. The molecule has 0 radical (unpaired) electrons. The molecule has 41 heavy (non-hydrogen) atoms. The van der Waals surface area contributed by atoms with E-state index in [2.05, 4.69) is 25.0 Å². The number of aromatic nitrogens is 6. The highest BCUT2D eigenvalue weighted by Gasteiger charge is 2.27. The molecule has 4 aromatic heterocycles. The van der Waals surface area contributed by atoms with E-state index < -0.39 is 49.4 Å². The van der Waals surface area contributed by atoms with Crippen LogP contribution in [0.5, 0.6) is 0 Å². The zero-order valence-corrected chi connectivity index (χ0v) is 21.4. The Hall–Kier alpha value is -5.37. The summed E-state index contributed by atoms with van der Waals surface area (Å²) in [6.45, 7) is 0. The second kappa shape index (κ2) is 9.98. The summed E-state index contributed by atoms with van der Waals surface area (Å²) in [7, 11) is -4.45. The van der Waals surface area contributed by atoms with Crippen LogP contribution in [-0.4, -0.2) is 43.9 Å². The average molecular weight is 576 g/mol. The van der Waals surface area contributed by atoms with E-state index >= 15 is 4.39 Å². The summed E-state index contributed by atoms with van der Waals surface area (Å²) in [6, 6.07) is 8.94. The average Bonchev–Trinajstić information content (AvgIpc) is 3.65. The highest BCUT2D eigenvalue weighted by molar-refractivity contribution is 7.92. The van der Waals surface area contributed by atoms with E-state index in [9.17, 15) is 22.0 Å². The Kier molecular flexibility index (Phi) is 6.30. The summed E-state index contributed by atoms with van der Waals surface area (Å²) in [5, 5.41) is 4.33. The van der Waals surface area contributed by atoms with Gasteiger partial charge in [-0.3, -0.25) is 14.5 Å². The molecule has 0 bridgehead atoms. The lowest BCUT2D eigenvalue weighted by molar-refractivity contribution is 0.103. The van der Waals surface area contributed by atoms with Crippen LogP contribution < -0.4 is 4.72 Å². The summed E-state index contributed by atoms with van der Waals surface area (Å²) < 4.78 is 72.7. The number of hydrogen-bond acceptors (Lipinski definition) is 7. The number of nitrogens with one attached hydrogen (secondary N) is 2. The third-order valence-corrected chi connectivity index (χ3v) is 7.48. The first-order chi connectivity index (χ1) is 19.7. The predicted molar refractivity (Wildman–Crippen MR) is 141 cm³/mol. The van der Waals surface area contributed by atoms with Crippen molar-refractivity contribution in [2.45, 2.75) is 4.90 Å². The van der Waals surface area contributed by atoms with Gasteiger partial charge >= 0.3 is 0 Å². The molecule has 2 N–H and O–H groups in total. The Labute approximate surface area is 229 Å². The second-order valence-electron chi connectivity index (χ2n) is 8.71. The number of rotatable bonds is 7. The summed E-state index contributed by atoms with van der Waals surface area (Å²) in [5.74, 6) is -4.05. The number of pyridine rings is 1. The number of benzene rings is 2. The van der Waals surface area contributed by atoms with Gasteiger partial charge in [-0.1, -0.05) is 6.07 Å². The number of ketones is 1. The molecule has 0 aliphatic heterocycles. The van der Waals surface area contributed by atoms with Gasteiger partial charge in [-0.15, -0.1) is 0 Å². The van der Waals surface area contributed by atoms with Gasteiger partial charge in [0.25, 0.3) is 10.0 Å². The van der Waals surface area contributed by atoms with Gasteiger partial charge in [-0.05, 0) is 42.5 Å². The van der Waals surface area contributed by atoms with Crippen molar-refractivity contribution in [3.05, 3.63) is 114 Å². The van der Waals surface area contributed by atoms with Crippen molar-refractivity contribution < 1.29 is 26.4 Å². The maximum atomic E-state index is 15.5. The molecular weight excluding hydrogens is 559 g/mol. The zero-order valence-electron chi connectivity index (χ0n) is 20.6. The van der Waals surface area contributed by atoms with Gasteiger partial charge in [0.1, 0.15) is 17.3 Å². The number of carbonyl (C=O) groups excluding carboxylic acids is 1. The maximum Gasteiger partial charge on any atom is 0.262 e. The predicted octanol–water partition coefficient (Wildman–Crippen LogP) is 4.65. The standard InChI is InChI=1S/C27H16F3N7O3S/c28-16-3-1-4-17(10-16)41(39,40)36-21-6-5-20(29)24(25(21)30)26(38)19-12-34-27-18(19)9-15(11-33-27)22-13-32-23(14-31-22)37-8-2-7-35-37/h1-14,36H,(H,33,34). The number of carbonyl (C=O) groups is 1. The van der Waals surface area contributed by atoms with Crippen LogP contribution in [0.2, 0.25) is 0 Å². The van der Waals surface area contributed by atoms with Crippen molar-refractivity contribution in [1.29, 1.82) is 0 Å². The molecule has 10 nitrogen and oxygen atoms in total. The summed E-state index contributed by atoms with van der Waals surface area (Å²) in [6.07, 6.45) is 9.03. The first-order valence-electron chi connectivity index (χ1n) is 11.8. The number of anilines is 1. The first kappa shape index (κ1) is 25.9. The molecule has 0 saturated heterocycles. The maximum absolute atomic E-state index is 15.5. The highest BCUT2D eigenvalue weighted by Crippen LogP contribution is 2.30. The van der Waals surface area contributed by atoms with E-state index in [-0.39, 0.29) is 16.6 Å². The molecule has 0 aliphatic rings. The van der Waals surface area contributed by atoms with Crippen LogP contribution in [0.4, 0.5) is 18.9 Å². The van der Waals surface area contributed by atoms with Crippen molar-refractivity contribution in [1.82, 2.24) is 29.7 Å². The van der Waals surface area contributed by atoms with Gasteiger partial charge in [0.05, 0.1) is 34.2 Å². The molecular formula is C27H16F3N7O3S. The van der Waals surface area contributed by atoms with Crippen LogP contribution in [0.15, 0.2) is 90.6 Å². The van der Waals surface area contributed by atoms with Gasteiger partial charge in [0.2, 0.25) is 5.78 Å². The van der Waals surface area contributed by atoms with Gasteiger partial charge < -0.3 is 4.98 Å². The van der Waals surface area contributed by atoms with Gasteiger partial charge in [-0.2, -0.15) is 5.10 Å². The van der Waals surface area contributed by atoms with Crippen molar-refractivity contribution in [2.75, 3.05) is 4.72 Å². The third-order valence-electron chi connectivity index (χ3n) is 6.12. The number of fused-ring (bicyclic) bond motifs is 1. The van der Waals surface area contributed by atoms with Crippen LogP contribution in [0, 0.1) is 17.5 Å². The van der Waals surface area contributed by atoms with Crippen LogP contribution in [0.1, 0.15) is 15.9 Å². The molecule has 0 saturated carbocycles. The van der Waals surface area contributed by atoms with Crippen LogP contribution in [-0.2, 0) is 10.0 Å². The zero-order chi connectivity index (χ0) is 28.7. The van der Waals surface area contributed by atoms with Crippen LogP contribution in [0.3, 0.4) is 0 Å². The highest BCUT2D eigenvalue weighted by atomic mass is 32.2. The monoisotopic (exact) mass is 575 g/mol. The van der Waals surface area contributed by atoms with E-state index in [1.54, 1.807) is 24.5 Å². The molecule has 0 unspecified atom stereocenters. The normalized spacial score (nSPS) is 11.6. The Balaban J connectivity index is 1.35. The largest absolute Gasteiger partial charge is 0.345 e. The van der Waals surface area contributed by atoms with Crippen molar-refractivity contribution >= 4 is 32.5 Å². The van der Waals surface area contributed by atoms with E-state index in [0.29, 0.717) is 17.1 Å². The Morgan fingerprint density at radius 3 is 2.54 bits per heavy atom. The Morgan fingerprint density at radius 1 is 0.951 bits per heavy atom. The minimum absolute atomic E-state index is 0.113. The minimum atomic E-state index is -4.45.